The third-order valence-corrected chi connectivity index (χ3v) is 4.93. The number of rotatable bonds is 6. The minimum Gasteiger partial charge on any atom is -0.435 e. The molecule has 0 unspecified atom stereocenters. The molecule has 0 N–H and O–H groups in total. The van der Waals surface area contributed by atoms with Crippen molar-refractivity contribution < 1.29 is 13.5 Å². The van der Waals surface area contributed by atoms with Gasteiger partial charge in [-0.3, -0.25) is 4.99 Å². The topological polar surface area (TPSA) is 38.9 Å². The van der Waals surface area contributed by atoms with Gasteiger partial charge in [0.25, 0.3) is 0 Å². The third-order valence-electron chi connectivity index (χ3n) is 3.55. The maximum Gasteiger partial charge on any atom is 0.387 e. The summed E-state index contributed by atoms with van der Waals surface area (Å²) in [5.41, 5.74) is 2.71. The Balaban J connectivity index is 1.93. The molecule has 0 spiro atoms. The van der Waals surface area contributed by atoms with Crippen LogP contribution in [-0.2, 0) is 0 Å². The molecule has 0 aliphatic heterocycles. The Morgan fingerprint density at radius 2 is 1.85 bits per heavy atom. The lowest BCUT2D eigenvalue weighted by Crippen LogP contribution is -2.12. The van der Waals surface area contributed by atoms with Crippen molar-refractivity contribution >= 4 is 33.5 Å². The fraction of sp³-hybridized carbons (Fsp3) is 0.158. The summed E-state index contributed by atoms with van der Waals surface area (Å²) in [6.07, 6.45) is 1.66. The Morgan fingerprint density at radius 1 is 1.15 bits per heavy atom. The summed E-state index contributed by atoms with van der Waals surface area (Å²) >= 11 is 4.95. The Hall–Kier alpha value is -2.32. The van der Waals surface area contributed by atoms with Gasteiger partial charge in [0.1, 0.15) is 5.75 Å². The van der Waals surface area contributed by atoms with Gasteiger partial charge in [-0.05, 0) is 48.9 Å². The van der Waals surface area contributed by atoms with Gasteiger partial charge >= 0.3 is 6.61 Å². The van der Waals surface area contributed by atoms with Crippen LogP contribution in [0, 0.1) is 0 Å². The molecule has 0 fully saturated rings. The maximum atomic E-state index is 12.2. The van der Waals surface area contributed by atoms with Gasteiger partial charge < -0.3 is 4.74 Å². The molecular weight excluding hydrogens is 436 g/mol. The van der Waals surface area contributed by atoms with E-state index in [0.29, 0.717) is 6.54 Å². The van der Waals surface area contributed by atoms with Crippen molar-refractivity contribution in [2.24, 2.45) is 10.1 Å². The smallest absolute Gasteiger partial charge is 0.387 e. The number of ether oxygens (including phenoxy) is 1. The molecule has 1 heterocycles. The van der Waals surface area contributed by atoms with E-state index in [4.69, 9.17) is 0 Å². The highest BCUT2D eigenvalue weighted by Gasteiger charge is 2.07. The minimum atomic E-state index is -2.84. The van der Waals surface area contributed by atoms with Gasteiger partial charge in [-0.15, -0.1) is 11.3 Å². The average Bonchev–Trinajstić information content (AvgIpc) is 3.04. The van der Waals surface area contributed by atoms with E-state index in [1.807, 2.05) is 36.6 Å². The van der Waals surface area contributed by atoms with Gasteiger partial charge in [0.2, 0.25) is 4.80 Å². The normalized spacial score (nSPS) is 12.3. The average molecular weight is 452 g/mol. The van der Waals surface area contributed by atoms with E-state index in [9.17, 15) is 8.78 Å². The largest absolute Gasteiger partial charge is 0.435 e. The van der Waals surface area contributed by atoms with Gasteiger partial charge in [-0.25, -0.2) is 4.68 Å². The number of alkyl halides is 2. The molecular formula is C19H16BrF2N3OS. The van der Waals surface area contributed by atoms with E-state index >= 15 is 0 Å². The standard InChI is InChI=1S/C19H16BrF2N3OS/c1-2-23-19-25(17(12-27-19)14-5-7-15(20)8-6-14)24-11-13-3-9-16(10-4-13)26-18(21)22/h3-12,18H,2H2,1H3. The molecule has 140 valence electrons. The zero-order valence-corrected chi connectivity index (χ0v) is 16.8. The monoisotopic (exact) mass is 451 g/mol. The van der Waals surface area contributed by atoms with Gasteiger partial charge in [0.15, 0.2) is 0 Å². The third kappa shape index (κ3) is 5.11. The number of benzene rings is 2. The van der Waals surface area contributed by atoms with E-state index in [1.165, 1.54) is 23.5 Å². The van der Waals surface area contributed by atoms with Crippen molar-refractivity contribution in [1.82, 2.24) is 4.68 Å². The first-order valence-corrected chi connectivity index (χ1v) is 9.80. The summed E-state index contributed by atoms with van der Waals surface area (Å²) in [5.74, 6) is 0.113. The lowest BCUT2D eigenvalue weighted by Gasteiger charge is -2.05. The number of hydrogen-bond acceptors (Lipinski definition) is 4. The zero-order valence-electron chi connectivity index (χ0n) is 14.3. The van der Waals surface area contributed by atoms with E-state index in [-0.39, 0.29) is 5.75 Å². The van der Waals surface area contributed by atoms with Crippen LogP contribution < -0.4 is 9.54 Å². The zero-order chi connectivity index (χ0) is 19.2. The lowest BCUT2D eigenvalue weighted by atomic mass is 10.2. The van der Waals surface area contributed by atoms with Crippen LogP contribution in [0.5, 0.6) is 5.75 Å². The highest BCUT2D eigenvalue weighted by molar-refractivity contribution is 9.10. The van der Waals surface area contributed by atoms with Crippen molar-refractivity contribution in [2.75, 3.05) is 6.54 Å². The lowest BCUT2D eigenvalue weighted by molar-refractivity contribution is -0.0498. The van der Waals surface area contributed by atoms with Crippen molar-refractivity contribution in [2.45, 2.75) is 13.5 Å². The molecule has 0 bridgehead atoms. The predicted octanol–water partition coefficient (Wildman–Crippen LogP) is 5.38. The highest BCUT2D eigenvalue weighted by Crippen LogP contribution is 2.22. The Labute approximate surface area is 167 Å². The highest BCUT2D eigenvalue weighted by atomic mass is 79.9. The first kappa shape index (κ1) is 19.4. The molecule has 0 saturated carbocycles. The number of thiazole rings is 1. The molecule has 1 aromatic heterocycles. The molecule has 0 radical (unpaired) electrons. The van der Waals surface area contributed by atoms with Gasteiger partial charge in [-0.1, -0.05) is 28.1 Å². The summed E-state index contributed by atoms with van der Waals surface area (Å²) in [5, 5.41) is 6.56. The summed E-state index contributed by atoms with van der Waals surface area (Å²) in [6.45, 7) is -0.220. The Bertz CT molecular complexity index is 979. The summed E-state index contributed by atoms with van der Waals surface area (Å²) in [4.78, 5) is 5.27. The quantitative estimate of drug-likeness (QED) is 0.463. The molecule has 0 amide bonds. The summed E-state index contributed by atoms with van der Waals surface area (Å²) in [7, 11) is 0. The molecule has 3 rings (SSSR count). The van der Waals surface area contributed by atoms with E-state index in [0.717, 1.165) is 26.1 Å². The number of aromatic nitrogens is 1. The molecule has 8 heteroatoms. The Kier molecular flexibility index (Phi) is 6.52. The fourth-order valence-electron chi connectivity index (χ4n) is 2.33. The van der Waals surface area contributed by atoms with Crippen LogP contribution in [0.15, 0.2) is 68.5 Å². The van der Waals surface area contributed by atoms with Crippen LogP contribution in [-0.4, -0.2) is 24.0 Å². The minimum absolute atomic E-state index is 0.113. The number of hydrogen-bond donors (Lipinski definition) is 0. The van der Waals surface area contributed by atoms with Crippen molar-refractivity contribution in [3.05, 3.63) is 68.7 Å². The van der Waals surface area contributed by atoms with Gasteiger partial charge in [0.05, 0.1) is 11.9 Å². The second-order valence-corrected chi connectivity index (χ2v) is 7.14. The van der Waals surface area contributed by atoms with E-state index in [2.05, 4.69) is 30.8 Å². The first-order chi connectivity index (χ1) is 13.1. The second kappa shape index (κ2) is 9.05. The van der Waals surface area contributed by atoms with Crippen molar-refractivity contribution in [3.8, 4) is 17.0 Å². The van der Waals surface area contributed by atoms with E-state index < -0.39 is 6.61 Å². The maximum absolute atomic E-state index is 12.2. The molecule has 0 aliphatic rings. The molecule has 3 aromatic rings. The molecule has 0 atom stereocenters. The van der Waals surface area contributed by atoms with E-state index in [1.54, 1.807) is 23.0 Å². The van der Waals surface area contributed by atoms with Crippen molar-refractivity contribution in [1.29, 1.82) is 0 Å². The summed E-state index contributed by atoms with van der Waals surface area (Å²) in [6, 6.07) is 14.3. The first-order valence-electron chi connectivity index (χ1n) is 8.13. The van der Waals surface area contributed by atoms with Crippen LogP contribution >= 0.6 is 27.3 Å². The fourth-order valence-corrected chi connectivity index (χ4v) is 3.50. The predicted molar refractivity (Wildman–Crippen MR) is 108 cm³/mol. The Morgan fingerprint density at radius 3 is 2.48 bits per heavy atom. The van der Waals surface area contributed by atoms with Gasteiger partial charge in [-0.2, -0.15) is 13.9 Å². The molecule has 2 aromatic carbocycles. The SMILES string of the molecule is CCN=c1scc(-c2ccc(Br)cc2)n1N=Cc1ccc(OC(F)F)cc1. The second-order valence-electron chi connectivity index (χ2n) is 5.39. The van der Waals surface area contributed by atoms with Crippen LogP contribution in [0.4, 0.5) is 8.78 Å². The van der Waals surface area contributed by atoms with Gasteiger partial charge in [0, 0.05) is 22.0 Å². The van der Waals surface area contributed by atoms with Crippen LogP contribution in [0.3, 0.4) is 0 Å². The number of halogens is 3. The van der Waals surface area contributed by atoms with Crippen LogP contribution in [0.25, 0.3) is 11.3 Å². The summed E-state index contributed by atoms with van der Waals surface area (Å²) < 4.78 is 31.6. The molecule has 4 nitrogen and oxygen atoms in total. The number of nitrogens with zero attached hydrogens (tertiary/aromatic N) is 3. The van der Waals surface area contributed by atoms with Crippen LogP contribution in [0.1, 0.15) is 12.5 Å². The van der Waals surface area contributed by atoms with Crippen molar-refractivity contribution in [3.63, 3.8) is 0 Å². The molecule has 0 saturated heterocycles. The van der Waals surface area contributed by atoms with Crippen LogP contribution in [0.2, 0.25) is 0 Å². The molecule has 27 heavy (non-hydrogen) atoms. The molecule has 0 aliphatic carbocycles.